The molecule has 0 aliphatic rings. The van der Waals surface area contributed by atoms with Crippen molar-refractivity contribution >= 4 is 29.1 Å². The number of pyridine rings is 2. The van der Waals surface area contributed by atoms with Crippen LogP contribution >= 0.6 is 0 Å². The van der Waals surface area contributed by atoms with Crippen LogP contribution in [0.15, 0.2) is 67.3 Å². The van der Waals surface area contributed by atoms with Crippen molar-refractivity contribution in [3.05, 3.63) is 83.9 Å². The second-order valence-corrected chi connectivity index (χ2v) is 6.22. The molecule has 146 valence electrons. The Kier molecular flexibility index (Phi) is 6.26. The normalized spacial score (nSPS) is 10.1. The molecule has 0 unspecified atom stereocenters. The van der Waals surface area contributed by atoms with Crippen molar-refractivity contribution < 1.29 is 14.4 Å². The van der Waals surface area contributed by atoms with Crippen LogP contribution < -0.4 is 16.0 Å². The highest BCUT2D eigenvalue weighted by molar-refractivity contribution is 6.06. The first kappa shape index (κ1) is 19.7. The molecule has 8 nitrogen and oxygen atoms in total. The van der Waals surface area contributed by atoms with Gasteiger partial charge in [-0.15, -0.1) is 0 Å². The van der Waals surface area contributed by atoms with E-state index in [0.29, 0.717) is 17.9 Å². The fraction of sp³-hybridized carbons (Fsp3) is 0.0952. The molecule has 0 aliphatic carbocycles. The highest BCUT2D eigenvalue weighted by atomic mass is 16.2. The molecule has 0 saturated heterocycles. The van der Waals surface area contributed by atoms with E-state index in [-0.39, 0.29) is 22.9 Å². The summed E-state index contributed by atoms with van der Waals surface area (Å²) in [4.78, 5) is 43.8. The molecule has 3 aromatic rings. The maximum Gasteiger partial charge on any atom is 0.257 e. The van der Waals surface area contributed by atoms with Crippen molar-refractivity contribution in [1.29, 1.82) is 0 Å². The van der Waals surface area contributed by atoms with Gasteiger partial charge in [0.2, 0.25) is 5.91 Å². The number of carbonyl (C=O) groups is 3. The smallest absolute Gasteiger partial charge is 0.257 e. The van der Waals surface area contributed by atoms with Crippen LogP contribution in [0.1, 0.15) is 33.2 Å². The zero-order chi connectivity index (χ0) is 20.6. The highest BCUT2D eigenvalue weighted by Crippen LogP contribution is 2.15. The molecule has 8 heteroatoms. The molecule has 1 aromatic carbocycles. The first-order valence-corrected chi connectivity index (χ1v) is 8.82. The van der Waals surface area contributed by atoms with Crippen molar-refractivity contribution in [2.24, 2.45) is 0 Å². The summed E-state index contributed by atoms with van der Waals surface area (Å²) in [6, 6.07) is 11.8. The van der Waals surface area contributed by atoms with Gasteiger partial charge in [-0.05, 0) is 42.0 Å². The van der Waals surface area contributed by atoms with Crippen molar-refractivity contribution in [1.82, 2.24) is 15.3 Å². The van der Waals surface area contributed by atoms with E-state index in [2.05, 4.69) is 25.9 Å². The van der Waals surface area contributed by atoms with Crippen molar-refractivity contribution in [3.8, 4) is 0 Å². The Balaban J connectivity index is 1.62. The van der Waals surface area contributed by atoms with Gasteiger partial charge in [0.1, 0.15) is 0 Å². The molecule has 3 N–H and O–H groups in total. The molecule has 0 radical (unpaired) electrons. The maximum absolute atomic E-state index is 12.5. The fourth-order valence-electron chi connectivity index (χ4n) is 2.52. The van der Waals surface area contributed by atoms with Gasteiger partial charge in [-0.3, -0.25) is 24.4 Å². The summed E-state index contributed by atoms with van der Waals surface area (Å²) < 4.78 is 0. The van der Waals surface area contributed by atoms with Gasteiger partial charge in [0.25, 0.3) is 11.8 Å². The fourth-order valence-corrected chi connectivity index (χ4v) is 2.52. The van der Waals surface area contributed by atoms with Gasteiger partial charge in [-0.2, -0.15) is 0 Å². The topological polar surface area (TPSA) is 113 Å². The molecule has 0 bridgehead atoms. The first-order valence-electron chi connectivity index (χ1n) is 8.82. The van der Waals surface area contributed by atoms with Crippen LogP contribution in [0.2, 0.25) is 0 Å². The Hall–Kier alpha value is -4.07. The molecule has 0 saturated carbocycles. The van der Waals surface area contributed by atoms with E-state index in [1.54, 1.807) is 42.7 Å². The zero-order valence-corrected chi connectivity index (χ0v) is 15.7. The largest absolute Gasteiger partial charge is 0.348 e. The van der Waals surface area contributed by atoms with Crippen molar-refractivity contribution in [2.45, 2.75) is 13.5 Å². The molecule has 0 fully saturated rings. The summed E-state index contributed by atoms with van der Waals surface area (Å²) in [6.07, 6.45) is 6.11. The highest BCUT2D eigenvalue weighted by Gasteiger charge is 2.12. The molecule has 0 atom stereocenters. The van der Waals surface area contributed by atoms with Gasteiger partial charge in [-0.25, -0.2) is 0 Å². The first-order chi connectivity index (χ1) is 14.0. The average Bonchev–Trinajstić information content (AvgIpc) is 2.74. The summed E-state index contributed by atoms with van der Waals surface area (Å²) in [6.45, 7) is 1.74. The van der Waals surface area contributed by atoms with Crippen molar-refractivity contribution in [2.75, 3.05) is 10.6 Å². The van der Waals surface area contributed by atoms with Crippen molar-refractivity contribution in [3.63, 3.8) is 0 Å². The second kappa shape index (κ2) is 9.23. The number of hydrogen-bond donors (Lipinski definition) is 3. The van der Waals surface area contributed by atoms with Gasteiger partial charge >= 0.3 is 0 Å². The lowest BCUT2D eigenvalue weighted by Gasteiger charge is -2.08. The minimum Gasteiger partial charge on any atom is -0.348 e. The predicted molar refractivity (Wildman–Crippen MR) is 108 cm³/mol. The summed E-state index contributed by atoms with van der Waals surface area (Å²) >= 11 is 0. The van der Waals surface area contributed by atoms with Crippen LogP contribution in [0.5, 0.6) is 0 Å². The number of anilines is 2. The van der Waals surface area contributed by atoms with E-state index >= 15 is 0 Å². The quantitative estimate of drug-likeness (QED) is 0.600. The van der Waals surface area contributed by atoms with E-state index in [1.807, 2.05) is 6.07 Å². The van der Waals surface area contributed by atoms with Crippen LogP contribution in [0.3, 0.4) is 0 Å². The second-order valence-electron chi connectivity index (χ2n) is 6.22. The van der Waals surface area contributed by atoms with Crippen LogP contribution in [0, 0.1) is 0 Å². The minimum absolute atomic E-state index is 0.175. The van der Waals surface area contributed by atoms with E-state index in [4.69, 9.17) is 0 Å². The molecule has 3 amide bonds. The van der Waals surface area contributed by atoms with Gasteiger partial charge < -0.3 is 16.0 Å². The van der Waals surface area contributed by atoms with E-state index in [1.165, 1.54) is 25.4 Å². The minimum atomic E-state index is -0.397. The van der Waals surface area contributed by atoms with E-state index in [0.717, 1.165) is 5.56 Å². The molecule has 0 spiro atoms. The zero-order valence-electron chi connectivity index (χ0n) is 15.7. The third-order valence-corrected chi connectivity index (χ3v) is 3.90. The summed E-state index contributed by atoms with van der Waals surface area (Å²) in [5.41, 5.74) is 2.58. The predicted octanol–water partition coefficient (Wildman–Crippen LogP) is 2.62. The summed E-state index contributed by atoms with van der Waals surface area (Å²) in [5.74, 6) is -0.908. The number of nitrogens with zero attached hydrogens (tertiary/aromatic N) is 2. The number of rotatable bonds is 6. The van der Waals surface area contributed by atoms with Gasteiger partial charge in [0.05, 0.1) is 11.1 Å². The van der Waals surface area contributed by atoms with Gasteiger partial charge in [-0.1, -0.05) is 6.07 Å². The maximum atomic E-state index is 12.5. The number of aromatic nitrogens is 2. The number of hydrogen-bond acceptors (Lipinski definition) is 5. The molecule has 2 aromatic heterocycles. The molecule has 2 heterocycles. The Morgan fingerprint density at radius 2 is 1.48 bits per heavy atom. The van der Waals surface area contributed by atoms with E-state index in [9.17, 15) is 14.4 Å². The Morgan fingerprint density at radius 3 is 2.10 bits per heavy atom. The molecule has 29 heavy (non-hydrogen) atoms. The third-order valence-electron chi connectivity index (χ3n) is 3.90. The Labute approximate surface area is 167 Å². The summed E-state index contributed by atoms with van der Waals surface area (Å²) in [5, 5.41) is 8.15. The molecular formula is C21H19N5O3. The van der Waals surface area contributed by atoms with Crippen LogP contribution in [-0.2, 0) is 11.3 Å². The molecule has 0 aliphatic heterocycles. The lowest BCUT2D eigenvalue weighted by Crippen LogP contribution is -2.23. The molecule has 3 rings (SSSR count). The third kappa shape index (κ3) is 5.70. The lowest BCUT2D eigenvalue weighted by molar-refractivity contribution is -0.114. The van der Waals surface area contributed by atoms with Gasteiger partial charge in [0, 0.05) is 49.6 Å². The average molecular weight is 389 g/mol. The Bertz CT molecular complexity index is 1020. The van der Waals surface area contributed by atoms with Crippen LogP contribution in [0.4, 0.5) is 11.4 Å². The Morgan fingerprint density at radius 1 is 0.828 bits per heavy atom. The monoisotopic (exact) mass is 389 g/mol. The number of carbonyl (C=O) groups excluding carboxylic acids is 3. The number of benzene rings is 1. The molecular weight excluding hydrogens is 370 g/mol. The van der Waals surface area contributed by atoms with E-state index < -0.39 is 5.91 Å². The van der Waals surface area contributed by atoms with Gasteiger partial charge in [0.15, 0.2) is 0 Å². The number of nitrogens with one attached hydrogen (secondary N) is 3. The standard InChI is InChI=1S/C21H19N5O3/c1-14(27)25-18-4-6-19(7-5-18)26-21(29)17-9-16(12-23-13-17)20(28)24-11-15-3-2-8-22-10-15/h2-10,12-13H,11H2,1H3,(H,24,28)(H,25,27)(H,26,29). The summed E-state index contributed by atoms with van der Waals surface area (Å²) in [7, 11) is 0. The van der Waals surface area contributed by atoms with Crippen LogP contribution in [0.25, 0.3) is 0 Å². The van der Waals surface area contributed by atoms with Crippen LogP contribution in [-0.4, -0.2) is 27.7 Å². The number of amides is 3. The SMILES string of the molecule is CC(=O)Nc1ccc(NC(=O)c2cncc(C(=O)NCc3cccnc3)c2)cc1. The lowest BCUT2D eigenvalue weighted by atomic mass is 10.1.